The SMILES string of the molecule is C[C@@H](CCc1ccccc1)N(Cc1ncc[nH]1)C(=O)c1ccoc1. The Morgan fingerprint density at radius 3 is 2.79 bits per heavy atom. The van der Waals surface area contributed by atoms with Gasteiger partial charge in [-0.3, -0.25) is 4.79 Å². The van der Waals surface area contributed by atoms with Crippen molar-refractivity contribution in [1.29, 1.82) is 0 Å². The maximum atomic E-state index is 12.8. The molecule has 5 nitrogen and oxygen atoms in total. The van der Waals surface area contributed by atoms with Crippen molar-refractivity contribution in [3.05, 3.63) is 78.3 Å². The lowest BCUT2D eigenvalue weighted by atomic mass is 10.0. The molecule has 0 aliphatic heterocycles. The van der Waals surface area contributed by atoms with Gasteiger partial charge >= 0.3 is 0 Å². The van der Waals surface area contributed by atoms with Crippen molar-refractivity contribution < 1.29 is 9.21 Å². The summed E-state index contributed by atoms with van der Waals surface area (Å²) in [7, 11) is 0. The van der Waals surface area contributed by atoms with Crippen molar-refractivity contribution in [1.82, 2.24) is 14.9 Å². The Kier molecular flexibility index (Phi) is 5.11. The van der Waals surface area contributed by atoms with E-state index >= 15 is 0 Å². The van der Waals surface area contributed by atoms with Crippen molar-refractivity contribution in [2.45, 2.75) is 32.4 Å². The number of furan rings is 1. The summed E-state index contributed by atoms with van der Waals surface area (Å²) >= 11 is 0. The first kappa shape index (κ1) is 16.1. The van der Waals surface area contributed by atoms with Gasteiger partial charge in [0.15, 0.2) is 0 Å². The summed E-state index contributed by atoms with van der Waals surface area (Å²) in [6.07, 6.45) is 8.28. The number of nitrogens with one attached hydrogen (secondary N) is 1. The van der Waals surface area contributed by atoms with Gasteiger partial charge in [0.1, 0.15) is 12.1 Å². The van der Waals surface area contributed by atoms with E-state index in [1.54, 1.807) is 18.5 Å². The lowest BCUT2D eigenvalue weighted by molar-refractivity contribution is 0.0661. The zero-order valence-corrected chi connectivity index (χ0v) is 13.7. The predicted octanol–water partition coefficient (Wildman–Crippen LogP) is 3.67. The molecule has 1 atom stereocenters. The van der Waals surface area contributed by atoms with Crippen LogP contribution in [-0.4, -0.2) is 26.8 Å². The number of aromatic amines is 1. The first-order valence-electron chi connectivity index (χ1n) is 8.09. The lowest BCUT2D eigenvalue weighted by Crippen LogP contribution is -2.38. The van der Waals surface area contributed by atoms with Gasteiger partial charge in [-0.05, 0) is 31.4 Å². The first-order valence-corrected chi connectivity index (χ1v) is 8.09. The zero-order valence-electron chi connectivity index (χ0n) is 13.7. The van der Waals surface area contributed by atoms with E-state index in [1.165, 1.54) is 18.1 Å². The van der Waals surface area contributed by atoms with Crippen LogP contribution in [-0.2, 0) is 13.0 Å². The molecular formula is C19H21N3O2. The number of benzene rings is 1. The molecular weight excluding hydrogens is 302 g/mol. The van der Waals surface area contributed by atoms with Crippen LogP contribution in [0.2, 0.25) is 0 Å². The largest absolute Gasteiger partial charge is 0.472 e. The highest BCUT2D eigenvalue weighted by molar-refractivity contribution is 5.93. The molecule has 0 saturated carbocycles. The summed E-state index contributed by atoms with van der Waals surface area (Å²) < 4.78 is 5.06. The predicted molar refractivity (Wildman–Crippen MR) is 91.4 cm³/mol. The second-order valence-electron chi connectivity index (χ2n) is 5.85. The molecule has 1 N–H and O–H groups in total. The molecule has 0 saturated heterocycles. The van der Waals surface area contributed by atoms with E-state index < -0.39 is 0 Å². The Morgan fingerprint density at radius 2 is 2.12 bits per heavy atom. The molecule has 0 aliphatic carbocycles. The van der Waals surface area contributed by atoms with E-state index in [9.17, 15) is 4.79 Å². The Bertz CT molecular complexity index is 736. The molecule has 1 aromatic carbocycles. The minimum Gasteiger partial charge on any atom is -0.472 e. The van der Waals surface area contributed by atoms with Crippen molar-refractivity contribution in [2.24, 2.45) is 0 Å². The number of amides is 1. The molecule has 1 amide bonds. The fraction of sp³-hybridized carbons (Fsp3) is 0.263. The van der Waals surface area contributed by atoms with E-state index in [1.807, 2.05) is 23.1 Å². The van der Waals surface area contributed by atoms with Crippen LogP contribution in [0.5, 0.6) is 0 Å². The van der Waals surface area contributed by atoms with E-state index in [2.05, 4.69) is 29.0 Å². The maximum absolute atomic E-state index is 12.8. The molecule has 2 aromatic heterocycles. The van der Waals surface area contributed by atoms with Gasteiger partial charge < -0.3 is 14.3 Å². The summed E-state index contributed by atoms with van der Waals surface area (Å²) in [4.78, 5) is 22.0. The molecule has 3 aromatic rings. The van der Waals surface area contributed by atoms with Gasteiger partial charge in [0.05, 0.1) is 18.4 Å². The quantitative estimate of drug-likeness (QED) is 0.721. The molecule has 0 fully saturated rings. The number of H-pyrrole nitrogens is 1. The molecule has 0 radical (unpaired) electrons. The molecule has 0 unspecified atom stereocenters. The highest BCUT2D eigenvalue weighted by atomic mass is 16.3. The van der Waals surface area contributed by atoms with Gasteiger partial charge in [0.2, 0.25) is 0 Å². The van der Waals surface area contributed by atoms with Crippen LogP contribution in [0.1, 0.15) is 35.1 Å². The normalized spacial score (nSPS) is 12.0. The molecule has 0 bridgehead atoms. The van der Waals surface area contributed by atoms with Crippen LogP contribution >= 0.6 is 0 Å². The second kappa shape index (κ2) is 7.64. The Hall–Kier alpha value is -2.82. The molecule has 2 heterocycles. The molecule has 5 heteroatoms. The van der Waals surface area contributed by atoms with Crippen LogP contribution < -0.4 is 0 Å². The van der Waals surface area contributed by atoms with E-state index in [0.29, 0.717) is 12.1 Å². The molecule has 24 heavy (non-hydrogen) atoms. The summed E-state index contributed by atoms with van der Waals surface area (Å²) in [6.45, 7) is 2.52. The molecule has 124 valence electrons. The topological polar surface area (TPSA) is 62.1 Å². The number of imidazole rings is 1. The average molecular weight is 323 g/mol. The number of nitrogens with zero attached hydrogens (tertiary/aromatic N) is 2. The van der Waals surface area contributed by atoms with Crippen LogP contribution in [0.25, 0.3) is 0 Å². The third-order valence-corrected chi connectivity index (χ3v) is 4.13. The van der Waals surface area contributed by atoms with Crippen molar-refractivity contribution >= 4 is 5.91 Å². The standard InChI is InChI=1S/C19H21N3O2/c1-15(7-8-16-5-3-2-4-6-16)22(13-18-20-10-11-21-18)19(23)17-9-12-24-14-17/h2-6,9-12,14-15H,7-8,13H2,1H3,(H,20,21)/t15-/m0/s1. The van der Waals surface area contributed by atoms with Crippen molar-refractivity contribution in [2.75, 3.05) is 0 Å². The second-order valence-corrected chi connectivity index (χ2v) is 5.85. The Balaban J connectivity index is 1.71. The maximum Gasteiger partial charge on any atom is 0.257 e. The van der Waals surface area contributed by atoms with Gasteiger partial charge in [0.25, 0.3) is 5.91 Å². The molecule has 0 aliphatic rings. The number of aromatic nitrogens is 2. The molecule has 0 spiro atoms. The zero-order chi connectivity index (χ0) is 16.8. The highest BCUT2D eigenvalue weighted by Gasteiger charge is 2.23. The van der Waals surface area contributed by atoms with Gasteiger partial charge in [0, 0.05) is 18.4 Å². The number of rotatable bonds is 7. The Labute approximate surface area is 141 Å². The van der Waals surface area contributed by atoms with Gasteiger partial charge in [-0.1, -0.05) is 30.3 Å². The molecule has 3 rings (SSSR count). The number of carbonyl (C=O) groups excluding carboxylic acids is 1. The number of hydrogen-bond donors (Lipinski definition) is 1. The minimum absolute atomic E-state index is 0.0410. The Morgan fingerprint density at radius 1 is 1.29 bits per heavy atom. The van der Waals surface area contributed by atoms with E-state index in [4.69, 9.17) is 4.42 Å². The van der Waals surface area contributed by atoms with Gasteiger partial charge in [-0.2, -0.15) is 0 Å². The number of carbonyl (C=O) groups is 1. The summed E-state index contributed by atoms with van der Waals surface area (Å²) in [5, 5.41) is 0. The lowest BCUT2D eigenvalue weighted by Gasteiger charge is -2.28. The number of hydrogen-bond acceptors (Lipinski definition) is 3. The van der Waals surface area contributed by atoms with Crippen LogP contribution in [0, 0.1) is 0 Å². The number of aryl methyl sites for hydroxylation is 1. The monoisotopic (exact) mass is 323 g/mol. The van der Waals surface area contributed by atoms with E-state index in [-0.39, 0.29) is 11.9 Å². The van der Waals surface area contributed by atoms with E-state index in [0.717, 1.165) is 18.7 Å². The van der Waals surface area contributed by atoms with Gasteiger partial charge in [-0.25, -0.2) is 4.98 Å². The van der Waals surface area contributed by atoms with Crippen molar-refractivity contribution in [3.8, 4) is 0 Å². The van der Waals surface area contributed by atoms with Crippen molar-refractivity contribution in [3.63, 3.8) is 0 Å². The minimum atomic E-state index is -0.0410. The summed E-state index contributed by atoms with van der Waals surface area (Å²) in [5.41, 5.74) is 1.84. The van der Waals surface area contributed by atoms with Crippen LogP contribution in [0.3, 0.4) is 0 Å². The van der Waals surface area contributed by atoms with Crippen LogP contribution in [0.15, 0.2) is 65.7 Å². The summed E-state index contributed by atoms with van der Waals surface area (Å²) in [5.74, 6) is 0.735. The summed E-state index contributed by atoms with van der Waals surface area (Å²) in [6, 6.07) is 12.1. The fourth-order valence-corrected chi connectivity index (χ4v) is 2.70. The highest BCUT2D eigenvalue weighted by Crippen LogP contribution is 2.16. The van der Waals surface area contributed by atoms with Crippen LogP contribution in [0.4, 0.5) is 0 Å². The fourth-order valence-electron chi connectivity index (χ4n) is 2.70. The average Bonchev–Trinajstić information content (AvgIpc) is 3.31. The van der Waals surface area contributed by atoms with Gasteiger partial charge in [-0.15, -0.1) is 0 Å². The smallest absolute Gasteiger partial charge is 0.257 e. The third-order valence-electron chi connectivity index (χ3n) is 4.13. The first-order chi connectivity index (χ1) is 11.7. The third kappa shape index (κ3) is 3.93.